The summed E-state index contributed by atoms with van der Waals surface area (Å²) in [5, 5.41) is 0.921. The van der Waals surface area contributed by atoms with E-state index >= 15 is 0 Å². The molecule has 0 radical (unpaired) electrons. The summed E-state index contributed by atoms with van der Waals surface area (Å²) in [6.45, 7) is 5.48. The molecule has 84 valence electrons. The van der Waals surface area contributed by atoms with Crippen LogP contribution in [0.15, 0.2) is 5.16 Å². The van der Waals surface area contributed by atoms with Crippen molar-refractivity contribution in [2.75, 3.05) is 11.5 Å². The van der Waals surface area contributed by atoms with E-state index in [4.69, 9.17) is 10.5 Å². The number of nitrogen functional groups attached to an aromatic ring is 1. The van der Waals surface area contributed by atoms with Gasteiger partial charge in [-0.25, -0.2) is 0 Å². The number of carbonyl (C=O) groups is 1. The number of ether oxygens (including phenoxy) is 1. The quantitative estimate of drug-likeness (QED) is 0.645. The fourth-order valence-corrected chi connectivity index (χ4v) is 1.96. The summed E-state index contributed by atoms with van der Waals surface area (Å²) in [7, 11) is 0. The first-order valence-corrected chi connectivity index (χ1v) is 6.06. The number of thioether (sulfide) groups is 1. The molecule has 1 aromatic rings. The van der Waals surface area contributed by atoms with Crippen molar-refractivity contribution in [2.24, 2.45) is 0 Å². The zero-order valence-electron chi connectivity index (χ0n) is 8.81. The summed E-state index contributed by atoms with van der Waals surface area (Å²) >= 11 is 2.34. The van der Waals surface area contributed by atoms with E-state index in [2.05, 4.69) is 9.36 Å². The molecule has 1 rings (SSSR count). The van der Waals surface area contributed by atoms with E-state index in [-0.39, 0.29) is 11.7 Å². The molecule has 5 nitrogen and oxygen atoms in total. The summed E-state index contributed by atoms with van der Waals surface area (Å²) in [5.74, 6) is -0.0751. The third kappa shape index (κ3) is 4.98. The standard InChI is InChI=1S/C8H13N3O2S2/c1-8(2,3)13-5(12)4-14-7-10-6(9)15-11-7/h4H2,1-3H3,(H2,9,10,11). The molecule has 15 heavy (non-hydrogen) atoms. The van der Waals surface area contributed by atoms with Gasteiger partial charge in [0, 0.05) is 11.5 Å². The smallest absolute Gasteiger partial charge is 0.316 e. The van der Waals surface area contributed by atoms with Crippen molar-refractivity contribution in [3.05, 3.63) is 0 Å². The van der Waals surface area contributed by atoms with E-state index in [1.165, 1.54) is 11.8 Å². The number of carbonyl (C=O) groups excluding carboxylic acids is 1. The van der Waals surface area contributed by atoms with Crippen LogP contribution in [0, 0.1) is 0 Å². The Hall–Kier alpha value is -0.820. The van der Waals surface area contributed by atoms with Crippen LogP contribution in [0.4, 0.5) is 5.13 Å². The molecule has 0 fully saturated rings. The Morgan fingerprint density at radius 3 is 2.73 bits per heavy atom. The Balaban J connectivity index is 2.35. The fourth-order valence-electron chi connectivity index (χ4n) is 0.774. The van der Waals surface area contributed by atoms with Crippen molar-refractivity contribution >= 4 is 34.4 Å². The Bertz CT molecular complexity index is 346. The molecule has 0 unspecified atom stereocenters. The molecule has 0 aromatic carbocycles. The molecule has 0 spiro atoms. The van der Waals surface area contributed by atoms with Gasteiger partial charge in [0.1, 0.15) is 5.60 Å². The maximum Gasteiger partial charge on any atom is 0.316 e. The number of esters is 1. The lowest BCUT2D eigenvalue weighted by Crippen LogP contribution is -2.24. The molecule has 0 aliphatic rings. The number of hydrogen-bond donors (Lipinski definition) is 1. The Morgan fingerprint density at radius 2 is 2.27 bits per heavy atom. The predicted molar refractivity (Wildman–Crippen MR) is 60.9 cm³/mol. The summed E-state index contributed by atoms with van der Waals surface area (Å²) in [6, 6.07) is 0. The minimum atomic E-state index is -0.452. The average molecular weight is 247 g/mol. The Labute approximate surface area is 96.6 Å². The largest absolute Gasteiger partial charge is 0.459 e. The highest BCUT2D eigenvalue weighted by Crippen LogP contribution is 2.18. The number of hydrogen-bond acceptors (Lipinski definition) is 7. The van der Waals surface area contributed by atoms with Crippen LogP contribution in [0.2, 0.25) is 0 Å². The average Bonchev–Trinajstić information content (AvgIpc) is 2.45. The van der Waals surface area contributed by atoms with Crippen molar-refractivity contribution < 1.29 is 9.53 Å². The molecule has 0 aliphatic carbocycles. The minimum Gasteiger partial charge on any atom is -0.459 e. The second-order valence-corrected chi connectivity index (χ2v) is 5.52. The van der Waals surface area contributed by atoms with Crippen LogP contribution in [-0.2, 0) is 9.53 Å². The molecule has 0 atom stereocenters. The molecule has 2 N–H and O–H groups in total. The van der Waals surface area contributed by atoms with Gasteiger partial charge in [-0.05, 0) is 20.8 Å². The van der Waals surface area contributed by atoms with Gasteiger partial charge >= 0.3 is 5.97 Å². The highest BCUT2D eigenvalue weighted by Gasteiger charge is 2.16. The number of nitrogens with zero attached hydrogens (tertiary/aromatic N) is 2. The fraction of sp³-hybridized carbons (Fsp3) is 0.625. The SMILES string of the molecule is CC(C)(C)OC(=O)CSc1nsc(N)n1. The van der Waals surface area contributed by atoms with E-state index in [0.29, 0.717) is 10.3 Å². The number of aromatic nitrogens is 2. The monoisotopic (exact) mass is 247 g/mol. The van der Waals surface area contributed by atoms with Crippen molar-refractivity contribution in [3.8, 4) is 0 Å². The van der Waals surface area contributed by atoms with Gasteiger partial charge in [0.15, 0.2) is 0 Å². The van der Waals surface area contributed by atoms with Gasteiger partial charge in [-0.2, -0.15) is 9.36 Å². The highest BCUT2D eigenvalue weighted by atomic mass is 32.2. The van der Waals surface area contributed by atoms with Crippen LogP contribution in [0.1, 0.15) is 20.8 Å². The van der Waals surface area contributed by atoms with Crippen LogP contribution < -0.4 is 5.73 Å². The minimum absolute atomic E-state index is 0.202. The van der Waals surface area contributed by atoms with Gasteiger partial charge < -0.3 is 10.5 Å². The molecule has 1 aromatic heterocycles. The third-order valence-corrected chi connectivity index (χ3v) is 2.64. The van der Waals surface area contributed by atoms with E-state index in [1.807, 2.05) is 20.8 Å². The van der Waals surface area contributed by atoms with Crippen molar-refractivity contribution in [1.29, 1.82) is 0 Å². The van der Waals surface area contributed by atoms with Crippen LogP contribution in [0.3, 0.4) is 0 Å². The van der Waals surface area contributed by atoms with Crippen LogP contribution in [0.5, 0.6) is 0 Å². The molecule has 0 amide bonds. The van der Waals surface area contributed by atoms with Gasteiger partial charge in [0.25, 0.3) is 0 Å². The predicted octanol–water partition coefficient (Wildman–Crippen LogP) is 1.55. The second kappa shape index (κ2) is 4.80. The molecule has 0 aliphatic heterocycles. The lowest BCUT2D eigenvalue weighted by Gasteiger charge is -2.18. The summed E-state index contributed by atoms with van der Waals surface area (Å²) in [5.41, 5.74) is 4.95. The lowest BCUT2D eigenvalue weighted by atomic mass is 10.2. The number of nitrogens with two attached hydrogens (primary N) is 1. The molecular weight excluding hydrogens is 234 g/mol. The maximum absolute atomic E-state index is 11.3. The van der Waals surface area contributed by atoms with Gasteiger partial charge in [-0.1, -0.05) is 11.8 Å². The van der Waals surface area contributed by atoms with Crippen LogP contribution >= 0.6 is 23.3 Å². The van der Waals surface area contributed by atoms with E-state index in [9.17, 15) is 4.79 Å². The van der Waals surface area contributed by atoms with E-state index in [1.54, 1.807) is 0 Å². The highest BCUT2D eigenvalue weighted by molar-refractivity contribution is 7.99. The molecule has 1 heterocycles. The van der Waals surface area contributed by atoms with Gasteiger partial charge in [-0.15, -0.1) is 0 Å². The van der Waals surface area contributed by atoms with Gasteiger partial charge in [0.05, 0.1) is 5.75 Å². The number of anilines is 1. The maximum atomic E-state index is 11.3. The van der Waals surface area contributed by atoms with Crippen LogP contribution in [0.25, 0.3) is 0 Å². The Kier molecular flexibility index (Phi) is 3.92. The van der Waals surface area contributed by atoms with E-state index < -0.39 is 5.60 Å². The third-order valence-electron chi connectivity index (χ3n) is 1.16. The molecule has 0 saturated heterocycles. The summed E-state index contributed by atoms with van der Waals surface area (Å²) in [6.07, 6.45) is 0. The lowest BCUT2D eigenvalue weighted by molar-refractivity contribution is -0.151. The topological polar surface area (TPSA) is 78.1 Å². The molecular formula is C8H13N3O2S2. The van der Waals surface area contributed by atoms with Crippen molar-refractivity contribution in [1.82, 2.24) is 9.36 Å². The van der Waals surface area contributed by atoms with E-state index in [0.717, 1.165) is 11.5 Å². The van der Waals surface area contributed by atoms with Gasteiger partial charge in [0.2, 0.25) is 10.3 Å². The molecule has 7 heteroatoms. The van der Waals surface area contributed by atoms with Crippen molar-refractivity contribution in [3.63, 3.8) is 0 Å². The van der Waals surface area contributed by atoms with Crippen LogP contribution in [-0.4, -0.2) is 26.7 Å². The summed E-state index contributed by atoms with van der Waals surface area (Å²) in [4.78, 5) is 15.2. The zero-order chi connectivity index (χ0) is 11.5. The van der Waals surface area contributed by atoms with Crippen molar-refractivity contribution in [2.45, 2.75) is 31.5 Å². The molecule has 0 saturated carbocycles. The summed E-state index contributed by atoms with van der Waals surface area (Å²) < 4.78 is 9.07. The molecule has 0 bridgehead atoms. The number of rotatable bonds is 3. The Morgan fingerprint density at radius 1 is 1.60 bits per heavy atom. The van der Waals surface area contributed by atoms with Gasteiger partial charge in [-0.3, -0.25) is 4.79 Å². The first kappa shape index (κ1) is 12.3. The first-order valence-electron chi connectivity index (χ1n) is 4.30. The second-order valence-electron chi connectivity index (χ2n) is 3.79. The zero-order valence-corrected chi connectivity index (χ0v) is 10.4. The first-order chi connectivity index (χ1) is 6.87. The normalized spacial score (nSPS) is 11.4.